The third-order valence-corrected chi connectivity index (χ3v) is 2.71. The smallest absolute Gasteiger partial charge is 0.125 e. The van der Waals surface area contributed by atoms with Crippen LogP contribution in [0.15, 0.2) is 18.3 Å². The van der Waals surface area contributed by atoms with Crippen molar-refractivity contribution < 1.29 is 9.47 Å². The van der Waals surface area contributed by atoms with Gasteiger partial charge in [0.05, 0.1) is 13.2 Å². The minimum Gasteiger partial charge on any atom is -0.383 e. The van der Waals surface area contributed by atoms with E-state index in [1.54, 1.807) is 14.2 Å². The fourth-order valence-corrected chi connectivity index (χ4v) is 1.63. The Balaban J connectivity index is 2.51. The van der Waals surface area contributed by atoms with Gasteiger partial charge in [-0.25, -0.2) is 4.98 Å². The number of anilines is 1. The zero-order valence-electron chi connectivity index (χ0n) is 11.5. The molecule has 0 spiro atoms. The molecule has 1 heterocycles. The average Bonchev–Trinajstić information content (AvgIpc) is 2.42. The summed E-state index contributed by atoms with van der Waals surface area (Å²) >= 11 is 0. The van der Waals surface area contributed by atoms with Gasteiger partial charge in [0.25, 0.3) is 0 Å². The molecule has 0 aliphatic heterocycles. The molecule has 5 heteroatoms. The summed E-state index contributed by atoms with van der Waals surface area (Å²) in [5, 5.41) is 3.01. The van der Waals surface area contributed by atoms with E-state index < -0.39 is 0 Å². The fourth-order valence-electron chi connectivity index (χ4n) is 1.63. The van der Waals surface area contributed by atoms with Crippen LogP contribution in [0, 0.1) is 0 Å². The van der Waals surface area contributed by atoms with Crippen molar-refractivity contribution in [2.24, 2.45) is 0 Å². The lowest BCUT2D eigenvalue weighted by atomic mass is 10.2. The van der Waals surface area contributed by atoms with Crippen LogP contribution in [0.4, 0.5) is 5.82 Å². The highest BCUT2D eigenvalue weighted by molar-refractivity contribution is 5.34. The Bertz CT molecular complexity index is 309. The van der Waals surface area contributed by atoms with E-state index in [0.29, 0.717) is 0 Å². The minimum atomic E-state index is 0.728. The molecule has 1 aromatic rings. The SMILES string of the molecule is CNc1ccc(CN(CCOC)CCOC)cn1. The summed E-state index contributed by atoms with van der Waals surface area (Å²) in [6.45, 7) is 4.11. The maximum atomic E-state index is 5.12. The van der Waals surface area contributed by atoms with E-state index >= 15 is 0 Å². The fraction of sp³-hybridized carbons (Fsp3) is 0.615. The van der Waals surface area contributed by atoms with Crippen molar-refractivity contribution in [2.75, 3.05) is 52.9 Å². The van der Waals surface area contributed by atoms with Crippen molar-refractivity contribution in [1.29, 1.82) is 0 Å². The number of aromatic nitrogens is 1. The monoisotopic (exact) mass is 253 g/mol. The van der Waals surface area contributed by atoms with Crippen LogP contribution in [0.1, 0.15) is 5.56 Å². The van der Waals surface area contributed by atoms with Crippen LogP contribution in [0.25, 0.3) is 0 Å². The Labute approximate surface area is 109 Å². The number of pyridine rings is 1. The summed E-state index contributed by atoms with van der Waals surface area (Å²) in [5.41, 5.74) is 1.20. The third kappa shape index (κ3) is 5.44. The van der Waals surface area contributed by atoms with Gasteiger partial charge in [0, 0.05) is 47.1 Å². The quantitative estimate of drug-likeness (QED) is 0.717. The molecule has 0 saturated heterocycles. The van der Waals surface area contributed by atoms with E-state index in [0.717, 1.165) is 38.7 Å². The lowest BCUT2D eigenvalue weighted by Crippen LogP contribution is -2.30. The highest BCUT2D eigenvalue weighted by Crippen LogP contribution is 2.07. The van der Waals surface area contributed by atoms with Gasteiger partial charge in [0.15, 0.2) is 0 Å². The minimum absolute atomic E-state index is 0.728. The largest absolute Gasteiger partial charge is 0.383 e. The van der Waals surface area contributed by atoms with E-state index in [1.807, 2.05) is 19.3 Å². The Morgan fingerprint density at radius 1 is 1.17 bits per heavy atom. The van der Waals surface area contributed by atoms with E-state index in [1.165, 1.54) is 5.56 Å². The van der Waals surface area contributed by atoms with Gasteiger partial charge < -0.3 is 14.8 Å². The lowest BCUT2D eigenvalue weighted by molar-refractivity contribution is 0.110. The van der Waals surface area contributed by atoms with Gasteiger partial charge in [-0.15, -0.1) is 0 Å². The first-order chi connectivity index (χ1) is 8.80. The highest BCUT2D eigenvalue weighted by atomic mass is 16.5. The van der Waals surface area contributed by atoms with Gasteiger partial charge in [-0.3, -0.25) is 4.90 Å². The topological polar surface area (TPSA) is 46.6 Å². The summed E-state index contributed by atoms with van der Waals surface area (Å²) in [5.74, 6) is 0.888. The van der Waals surface area contributed by atoms with Gasteiger partial charge in [0.2, 0.25) is 0 Å². The van der Waals surface area contributed by atoms with Crippen molar-refractivity contribution in [3.8, 4) is 0 Å². The molecule has 102 valence electrons. The summed E-state index contributed by atoms with van der Waals surface area (Å²) < 4.78 is 10.2. The predicted octanol–water partition coefficient (Wildman–Crippen LogP) is 1.22. The summed E-state index contributed by atoms with van der Waals surface area (Å²) in [6, 6.07) is 4.07. The lowest BCUT2D eigenvalue weighted by Gasteiger charge is -2.21. The van der Waals surface area contributed by atoms with Crippen LogP contribution >= 0.6 is 0 Å². The molecule has 0 aliphatic carbocycles. The van der Waals surface area contributed by atoms with Gasteiger partial charge in [0.1, 0.15) is 5.82 Å². The summed E-state index contributed by atoms with van der Waals surface area (Å²) in [6.07, 6.45) is 1.90. The second-order valence-electron chi connectivity index (χ2n) is 4.06. The highest BCUT2D eigenvalue weighted by Gasteiger charge is 2.06. The van der Waals surface area contributed by atoms with Crippen LogP contribution in [0.3, 0.4) is 0 Å². The van der Waals surface area contributed by atoms with Gasteiger partial charge in [-0.1, -0.05) is 6.07 Å². The maximum absolute atomic E-state index is 5.12. The molecule has 1 rings (SSSR count). The van der Waals surface area contributed by atoms with E-state index in [4.69, 9.17) is 9.47 Å². The molecule has 0 aliphatic rings. The molecular weight excluding hydrogens is 230 g/mol. The van der Waals surface area contributed by atoms with Crippen LogP contribution in [-0.4, -0.2) is 57.5 Å². The van der Waals surface area contributed by atoms with Crippen LogP contribution in [-0.2, 0) is 16.0 Å². The standard InChI is InChI=1S/C13H23N3O2/c1-14-13-5-4-12(10-15-13)11-16(6-8-17-2)7-9-18-3/h4-5,10H,6-9,11H2,1-3H3,(H,14,15). The van der Waals surface area contributed by atoms with Crippen molar-refractivity contribution >= 4 is 5.82 Å². The maximum Gasteiger partial charge on any atom is 0.125 e. The van der Waals surface area contributed by atoms with Gasteiger partial charge in [-0.05, 0) is 11.6 Å². The molecule has 0 unspecified atom stereocenters. The molecule has 0 atom stereocenters. The number of hydrogen-bond donors (Lipinski definition) is 1. The molecular formula is C13H23N3O2. The molecule has 1 N–H and O–H groups in total. The zero-order valence-corrected chi connectivity index (χ0v) is 11.5. The van der Waals surface area contributed by atoms with Gasteiger partial charge >= 0.3 is 0 Å². The first-order valence-corrected chi connectivity index (χ1v) is 6.13. The number of rotatable bonds is 9. The Morgan fingerprint density at radius 3 is 2.28 bits per heavy atom. The first kappa shape index (κ1) is 14.9. The van der Waals surface area contributed by atoms with E-state index in [2.05, 4.69) is 21.3 Å². The molecule has 18 heavy (non-hydrogen) atoms. The Hall–Kier alpha value is -1.17. The van der Waals surface area contributed by atoms with Gasteiger partial charge in [-0.2, -0.15) is 0 Å². The number of methoxy groups -OCH3 is 2. The Morgan fingerprint density at radius 2 is 1.83 bits per heavy atom. The molecule has 1 aromatic heterocycles. The zero-order chi connectivity index (χ0) is 13.2. The molecule has 0 fully saturated rings. The molecule has 0 aromatic carbocycles. The predicted molar refractivity (Wildman–Crippen MR) is 72.8 cm³/mol. The number of nitrogens with one attached hydrogen (secondary N) is 1. The second kappa shape index (κ2) is 8.85. The molecule has 0 saturated carbocycles. The summed E-state index contributed by atoms with van der Waals surface area (Å²) in [7, 11) is 5.31. The van der Waals surface area contributed by atoms with Crippen LogP contribution in [0.5, 0.6) is 0 Å². The van der Waals surface area contributed by atoms with Crippen molar-refractivity contribution in [2.45, 2.75) is 6.54 Å². The molecule has 0 radical (unpaired) electrons. The number of nitrogens with zero attached hydrogens (tertiary/aromatic N) is 2. The average molecular weight is 253 g/mol. The first-order valence-electron chi connectivity index (χ1n) is 6.13. The molecule has 0 amide bonds. The number of ether oxygens (including phenoxy) is 2. The van der Waals surface area contributed by atoms with Crippen molar-refractivity contribution in [1.82, 2.24) is 9.88 Å². The molecule has 5 nitrogen and oxygen atoms in total. The van der Waals surface area contributed by atoms with Crippen LogP contribution in [0.2, 0.25) is 0 Å². The molecule has 0 bridgehead atoms. The van der Waals surface area contributed by atoms with E-state index in [9.17, 15) is 0 Å². The second-order valence-corrected chi connectivity index (χ2v) is 4.06. The summed E-state index contributed by atoms with van der Waals surface area (Å²) in [4.78, 5) is 6.61. The Kier molecular flexibility index (Phi) is 7.32. The third-order valence-electron chi connectivity index (χ3n) is 2.71. The van der Waals surface area contributed by atoms with E-state index in [-0.39, 0.29) is 0 Å². The number of hydrogen-bond acceptors (Lipinski definition) is 5. The van der Waals surface area contributed by atoms with Crippen molar-refractivity contribution in [3.63, 3.8) is 0 Å². The normalized spacial score (nSPS) is 10.9. The van der Waals surface area contributed by atoms with Crippen LogP contribution < -0.4 is 5.32 Å². The van der Waals surface area contributed by atoms with Crippen molar-refractivity contribution in [3.05, 3.63) is 23.9 Å².